The highest BCUT2D eigenvalue weighted by Crippen LogP contribution is 2.35. The maximum absolute atomic E-state index is 11.4. The average Bonchev–Trinajstić information content (AvgIpc) is 2.42. The quantitative estimate of drug-likeness (QED) is 0.486. The Morgan fingerprint density at radius 2 is 2.09 bits per heavy atom. The van der Waals surface area contributed by atoms with Crippen LogP contribution < -0.4 is 16.0 Å². The SMILES string of the molecule is C=CCNc1nc(N)c([N+](=O)[O-])c(N2C[C@H](C)C[C@@H](C)C2)n1. The number of nitrogens with zero attached hydrogens (tertiary/aromatic N) is 4. The minimum absolute atomic E-state index is 0.118. The van der Waals surface area contributed by atoms with Gasteiger partial charge in [-0.25, -0.2) is 0 Å². The largest absolute Gasteiger partial charge is 0.378 e. The van der Waals surface area contributed by atoms with Crippen molar-refractivity contribution in [3.8, 4) is 0 Å². The summed E-state index contributed by atoms with van der Waals surface area (Å²) in [6.45, 7) is 9.79. The Labute approximate surface area is 129 Å². The zero-order valence-electron chi connectivity index (χ0n) is 13.0. The first-order valence-corrected chi connectivity index (χ1v) is 7.34. The van der Waals surface area contributed by atoms with Crippen LogP contribution in [0.5, 0.6) is 0 Å². The summed E-state index contributed by atoms with van der Waals surface area (Å²) >= 11 is 0. The van der Waals surface area contributed by atoms with Crippen molar-refractivity contribution in [3.05, 3.63) is 22.8 Å². The van der Waals surface area contributed by atoms with E-state index in [2.05, 4.69) is 35.7 Å². The third-order valence-corrected chi connectivity index (χ3v) is 3.65. The molecule has 1 fully saturated rings. The molecule has 0 unspecified atom stereocenters. The van der Waals surface area contributed by atoms with E-state index in [1.54, 1.807) is 6.08 Å². The van der Waals surface area contributed by atoms with Crippen LogP contribution >= 0.6 is 0 Å². The monoisotopic (exact) mass is 306 g/mol. The fourth-order valence-electron chi connectivity index (χ4n) is 2.93. The fourth-order valence-corrected chi connectivity index (χ4v) is 2.93. The van der Waals surface area contributed by atoms with Gasteiger partial charge in [-0.15, -0.1) is 6.58 Å². The van der Waals surface area contributed by atoms with Gasteiger partial charge in [0.15, 0.2) is 0 Å². The van der Waals surface area contributed by atoms with E-state index in [0.717, 1.165) is 19.5 Å². The molecular formula is C14H22N6O2. The third kappa shape index (κ3) is 3.44. The van der Waals surface area contributed by atoms with E-state index in [1.807, 2.05) is 4.90 Å². The third-order valence-electron chi connectivity index (χ3n) is 3.65. The molecule has 22 heavy (non-hydrogen) atoms. The molecule has 0 aliphatic carbocycles. The van der Waals surface area contributed by atoms with Crippen molar-refractivity contribution >= 4 is 23.3 Å². The van der Waals surface area contributed by atoms with E-state index in [0.29, 0.717) is 24.2 Å². The number of hydrogen-bond acceptors (Lipinski definition) is 7. The van der Waals surface area contributed by atoms with E-state index in [-0.39, 0.29) is 17.5 Å². The first-order chi connectivity index (χ1) is 10.4. The Bertz CT molecular complexity index is 567. The van der Waals surface area contributed by atoms with Crippen molar-refractivity contribution in [2.24, 2.45) is 11.8 Å². The number of nitrogens with one attached hydrogen (secondary N) is 1. The van der Waals surface area contributed by atoms with Crippen molar-refractivity contribution < 1.29 is 4.92 Å². The van der Waals surface area contributed by atoms with Crippen LogP contribution in [0, 0.1) is 22.0 Å². The lowest BCUT2D eigenvalue weighted by Crippen LogP contribution is -2.39. The first-order valence-electron chi connectivity index (χ1n) is 7.34. The normalized spacial score (nSPS) is 21.5. The van der Waals surface area contributed by atoms with Gasteiger partial charge in [-0.1, -0.05) is 19.9 Å². The summed E-state index contributed by atoms with van der Waals surface area (Å²) < 4.78 is 0. The number of nitrogen functional groups attached to an aromatic ring is 1. The number of aromatic nitrogens is 2. The van der Waals surface area contributed by atoms with Gasteiger partial charge in [0.25, 0.3) is 0 Å². The second-order valence-electron chi connectivity index (χ2n) is 5.88. The number of rotatable bonds is 5. The first kappa shape index (κ1) is 16.0. The van der Waals surface area contributed by atoms with Gasteiger partial charge in [-0.3, -0.25) is 10.1 Å². The maximum Gasteiger partial charge on any atom is 0.353 e. The van der Waals surface area contributed by atoms with Crippen molar-refractivity contribution in [2.45, 2.75) is 20.3 Å². The average molecular weight is 306 g/mol. The lowest BCUT2D eigenvalue weighted by Gasteiger charge is -2.35. The lowest BCUT2D eigenvalue weighted by atomic mass is 9.92. The predicted octanol–water partition coefficient (Wildman–Crippen LogP) is 2.05. The summed E-state index contributed by atoms with van der Waals surface area (Å²) in [6, 6.07) is 0. The van der Waals surface area contributed by atoms with Gasteiger partial charge in [-0.05, 0) is 18.3 Å². The number of hydrogen-bond donors (Lipinski definition) is 2. The van der Waals surface area contributed by atoms with Gasteiger partial charge in [0.05, 0.1) is 4.92 Å². The molecule has 8 heteroatoms. The number of nitrogens with two attached hydrogens (primary N) is 1. The molecule has 0 bridgehead atoms. The Morgan fingerprint density at radius 3 is 2.64 bits per heavy atom. The van der Waals surface area contributed by atoms with Crippen molar-refractivity contribution in [3.63, 3.8) is 0 Å². The van der Waals surface area contributed by atoms with Crippen LogP contribution in [-0.4, -0.2) is 34.5 Å². The zero-order valence-corrected chi connectivity index (χ0v) is 13.0. The molecule has 3 N–H and O–H groups in total. The standard InChI is InChI=1S/C14H22N6O2/c1-4-5-16-14-17-12(15)11(20(21)22)13(18-14)19-7-9(2)6-10(3)8-19/h4,9-10H,1,5-8H2,2-3H3,(H3,15,16,17,18)/t9-,10-/m1/s1. The van der Waals surface area contributed by atoms with Gasteiger partial charge >= 0.3 is 5.69 Å². The summed E-state index contributed by atoms with van der Waals surface area (Å²) in [5.41, 5.74) is 5.57. The van der Waals surface area contributed by atoms with Gasteiger partial charge in [0, 0.05) is 19.6 Å². The van der Waals surface area contributed by atoms with Gasteiger partial charge in [-0.2, -0.15) is 9.97 Å². The lowest BCUT2D eigenvalue weighted by molar-refractivity contribution is -0.383. The van der Waals surface area contributed by atoms with E-state index < -0.39 is 4.92 Å². The van der Waals surface area contributed by atoms with Crippen LogP contribution in [0.4, 0.5) is 23.3 Å². The van der Waals surface area contributed by atoms with Gasteiger partial charge in [0.2, 0.25) is 17.6 Å². The molecule has 1 saturated heterocycles. The van der Waals surface area contributed by atoms with Crippen LogP contribution in [0.25, 0.3) is 0 Å². The van der Waals surface area contributed by atoms with Crippen LogP contribution in [0.3, 0.4) is 0 Å². The van der Waals surface area contributed by atoms with Crippen molar-refractivity contribution in [1.82, 2.24) is 9.97 Å². The van der Waals surface area contributed by atoms with Crippen LogP contribution in [0.1, 0.15) is 20.3 Å². The predicted molar refractivity (Wildman–Crippen MR) is 86.9 cm³/mol. The topological polar surface area (TPSA) is 110 Å². The van der Waals surface area contributed by atoms with Crippen molar-refractivity contribution in [2.75, 3.05) is 35.6 Å². The van der Waals surface area contributed by atoms with Crippen molar-refractivity contribution in [1.29, 1.82) is 0 Å². The van der Waals surface area contributed by atoms with E-state index in [9.17, 15) is 10.1 Å². The summed E-state index contributed by atoms with van der Waals surface area (Å²) in [7, 11) is 0. The molecule has 2 heterocycles. The molecule has 0 spiro atoms. The van der Waals surface area contributed by atoms with Crippen LogP contribution in [-0.2, 0) is 0 Å². The molecule has 120 valence electrons. The number of nitro groups is 1. The van der Waals surface area contributed by atoms with E-state index >= 15 is 0 Å². The second-order valence-corrected chi connectivity index (χ2v) is 5.88. The smallest absolute Gasteiger partial charge is 0.353 e. The molecule has 2 atom stereocenters. The van der Waals surface area contributed by atoms with Crippen LogP contribution in [0.2, 0.25) is 0 Å². The molecule has 8 nitrogen and oxygen atoms in total. The molecule has 1 aromatic rings. The summed E-state index contributed by atoms with van der Waals surface area (Å²) in [5.74, 6) is 1.35. The summed E-state index contributed by atoms with van der Waals surface area (Å²) in [4.78, 5) is 21.1. The molecule has 2 rings (SSSR count). The highest BCUT2D eigenvalue weighted by Gasteiger charge is 2.31. The molecular weight excluding hydrogens is 284 g/mol. The molecule has 0 amide bonds. The molecule has 0 radical (unpaired) electrons. The minimum atomic E-state index is -0.508. The minimum Gasteiger partial charge on any atom is -0.378 e. The second kappa shape index (κ2) is 6.59. The summed E-state index contributed by atoms with van der Waals surface area (Å²) in [5, 5.41) is 14.3. The highest BCUT2D eigenvalue weighted by molar-refractivity contribution is 5.71. The van der Waals surface area contributed by atoms with Gasteiger partial charge < -0.3 is 16.0 Å². The Morgan fingerprint density at radius 1 is 1.45 bits per heavy atom. The maximum atomic E-state index is 11.4. The summed E-state index contributed by atoms with van der Waals surface area (Å²) in [6.07, 6.45) is 2.76. The van der Waals surface area contributed by atoms with Gasteiger partial charge in [0.1, 0.15) is 0 Å². The molecule has 1 aliphatic rings. The Kier molecular flexibility index (Phi) is 4.79. The molecule has 0 saturated carbocycles. The Hall–Kier alpha value is -2.38. The van der Waals surface area contributed by atoms with Crippen LogP contribution in [0.15, 0.2) is 12.7 Å². The molecule has 1 aromatic heterocycles. The molecule has 1 aliphatic heterocycles. The fraction of sp³-hybridized carbons (Fsp3) is 0.571. The number of anilines is 3. The zero-order chi connectivity index (χ0) is 16.3. The molecule has 0 aromatic carbocycles. The highest BCUT2D eigenvalue weighted by atomic mass is 16.6. The van der Waals surface area contributed by atoms with E-state index in [4.69, 9.17) is 5.73 Å². The Balaban J connectivity index is 2.43. The van der Waals surface area contributed by atoms with E-state index in [1.165, 1.54) is 0 Å². The number of piperidine rings is 1.